The monoisotopic (exact) mass is 331 g/mol. The zero-order valence-corrected chi connectivity index (χ0v) is 11.1. The minimum atomic E-state index is -4.39. The molecule has 0 aliphatic carbocycles. The zero-order chi connectivity index (χ0) is 14.0. The van der Waals surface area contributed by atoms with Gasteiger partial charge in [-0.25, -0.2) is 0 Å². The Morgan fingerprint density at radius 1 is 1.00 bits per heavy atom. The molecule has 0 bridgehead atoms. The maximum absolute atomic E-state index is 12.5. The highest BCUT2D eigenvalue weighted by molar-refractivity contribution is 9.10. The highest BCUT2D eigenvalue weighted by atomic mass is 79.9. The molecular weight excluding hydrogens is 323 g/mol. The Balaban J connectivity index is 2.26. The van der Waals surface area contributed by atoms with Crippen LogP contribution in [0, 0.1) is 0 Å². The first-order valence-electron chi connectivity index (χ1n) is 5.26. The second-order valence-corrected chi connectivity index (χ2v) is 4.67. The molecule has 0 aliphatic heterocycles. The number of rotatable bonds is 2. The van der Waals surface area contributed by atoms with E-state index in [9.17, 15) is 13.2 Å². The van der Waals surface area contributed by atoms with Crippen molar-refractivity contribution in [2.45, 2.75) is 6.18 Å². The zero-order valence-electron chi connectivity index (χ0n) is 9.54. The lowest BCUT2D eigenvalue weighted by Gasteiger charge is -2.10. The molecule has 0 radical (unpaired) electrons. The molecule has 0 aliphatic rings. The van der Waals surface area contributed by atoms with E-state index in [-0.39, 0.29) is 5.75 Å². The molecule has 0 heterocycles. The Kier molecular flexibility index (Phi) is 3.71. The summed E-state index contributed by atoms with van der Waals surface area (Å²) in [5.41, 5.74) is 5.36. The summed E-state index contributed by atoms with van der Waals surface area (Å²) in [6, 6.07) is 9.48. The number of nitrogen functional groups attached to an aromatic ring is 1. The van der Waals surface area contributed by atoms with Crippen molar-refractivity contribution in [2.75, 3.05) is 5.73 Å². The Morgan fingerprint density at radius 3 is 2.32 bits per heavy atom. The molecule has 2 rings (SSSR count). The first-order chi connectivity index (χ1) is 8.86. The largest absolute Gasteiger partial charge is 0.457 e. The van der Waals surface area contributed by atoms with E-state index in [0.29, 0.717) is 15.9 Å². The predicted octanol–water partition coefficient (Wildman–Crippen LogP) is 4.84. The maximum Gasteiger partial charge on any atom is 0.416 e. The summed E-state index contributed by atoms with van der Waals surface area (Å²) in [5, 5.41) is 0. The van der Waals surface area contributed by atoms with Crippen molar-refractivity contribution in [1.82, 2.24) is 0 Å². The van der Waals surface area contributed by atoms with Gasteiger partial charge in [-0.15, -0.1) is 0 Å². The fraction of sp³-hybridized carbons (Fsp3) is 0.0769. The summed E-state index contributed by atoms with van der Waals surface area (Å²) in [5.74, 6) is 0.483. The van der Waals surface area contributed by atoms with Crippen molar-refractivity contribution in [2.24, 2.45) is 0 Å². The number of ether oxygens (including phenoxy) is 1. The van der Waals surface area contributed by atoms with Gasteiger partial charge in [0.1, 0.15) is 11.5 Å². The number of nitrogens with two attached hydrogens (primary N) is 1. The topological polar surface area (TPSA) is 35.2 Å². The molecule has 2 nitrogen and oxygen atoms in total. The van der Waals surface area contributed by atoms with Crippen molar-refractivity contribution in [1.29, 1.82) is 0 Å². The molecule has 2 N–H and O–H groups in total. The van der Waals surface area contributed by atoms with Crippen LogP contribution < -0.4 is 10.5 Å². The van der Waals surface area contributed by atoms with Gasteiger partial charge in [0.2, 0.25) is 0 Å². The molecule has 0 aromatic heterocycles. The average Bonchev–Trinajstić information content (AvgIpc) is 2.33. The van der Waals surface area contributed by atoms with E-state index in [1.54, 1.807) is 12.1 Å². The third-order valence-electron chi connectivity index (χ3n) is 2.36. The van der Waals surface area contributed by atoms with E-state index in [1.165, 1.54) is 18.2 Å². The van der Waals surface area contributed by atoms with E-state index in [2.05, 4.69) is 15.9 Å². The van der Waals surface area contributed by atoms with Crippen molar-refractivity contribution < 1.29 is 17.9 Å². The number of benzene rings is 2. The van der Waals surface area contributed by atoms with Crippen molar-refractivity contribution >= 4 is 21.6 Å². The van der Waals surface area contributed by atoms with Gasteiger partial charge in [-0.2, -0.15) is 13.2 Å². The van der Waals surface area contributed by atoms with Crippen molar-refractivity contribution in [3.8, 4) is 11.5 Å². The first-order valence-corrected chi connectivity index (χ1v) is 6.06. The summed E-state index contributed by atoms with van der Waals surface area (Å²) in [4.78, 5) is 0. The lowest BCUT2D eigenvalue weighted by Crippen LogP contribution is -2.04. The molecule has 0 unspecified atom stereocenters. The van der Waals surface area contributed by atoms with Crippen LogP contribution in [0.4, 0.5) is 18.9 Å². The SMILES string of the molecule is Nc1cc(Oc2cccc(C(F)(F)F)c2)ccc1Br. The first kappa shape index (κ1) is 13.7. The van der Waals surface area contributed by atoms with E-state index in [0.717, 1.165) is 12.1 Å². The fourth-order valence-electron chi connectivity index (χ4n) is 1.46. The van der Waals surface area contributed by atoms with E-state index in [4.69, 9.17) is 10.5 Å². The van der Waals surface area contributed by atoms with Crippen LogP contribution in [0.5, 0.6) is 11.5 Å². The molecule has 0 atom stereocenters. The second kappa shape index (κ2) is 5.13. The molecule has 2 aromatic rings. The average molecular weight is 332 g/mol. The van der Waals surface area contributed by atoms with Crippen LogP contribution in [0.15, 0.2) is 46.9 Å². The quantitative estimate of drug-likeness (QED) is 0.799. The van der Waals surface area contributed by atoms with Gasteiger partial charge < -0.3 is 10.5 Å². The summed E-state index contributed by atoms with van der Waals surface area (Å²) >= 11 is 3.22. The van der Waals surface area contributed by atoms with Crippen LogP contribution >= 0.6 is 15.9 Å². The number of hydrogen-bond donors (Lipinski definition) is 1. The Bertz CT molecular complexity index is 599. The third kappa shape index (κ3) is 3.41. The second-order valence-electron chi connectivity index (χ2n) is 3.81. The smallest absolute Gasteiger partial charge is 0.416 e. The molecule has 0 amide bonds. The lowest BCUT2D eigenvalue weighted by atomic mass is 10.2. The fourth-order valence-corrected chi connectivity index (χ4v) is 1.70. The Morgan fingerprint density at radius 2 is 1.68 bits per heavy atom. The van der Waals surface area contributed by atoms with Gasteiger partial charge in [-0.1, -0.05) is 6.07 Å². The van der Waals surface area contributed by atoms with Crippen molar-refractivity contribution in [3.63, 3.8) is 0 Å². The molecule has 19 heavy (non-hydrogen) atoms. The molecule has 2 aromatic carbocycles. The van der Waals surface area contributed by atoms with Crippen LogP contribution in [0.3, 0.4) is 0 Å². The van der Waals surface area contributed by atoms with Crippen LogP contribution in [0.25, 0.3) is 0 Å². The number of hydrogen-bond acceptors (Lipinski definition) is 2. The van der Waals surface area contributed by atoms with Crippen LogP contribution in [0.2, 0.25) is 0 Å². The summed E-state index contributed by atoms with van der Waals surface area (Å²) in [6.45, 7) is 0. The number of anilines is 1. The summed E-state index contributed by atoms with van der Waals surface area (Å²) < 4.78 is 43.7. The molecule has 0 saturated carbocycles. The van der Waals surface area contributed by atoms with Gasteiger partial charge in [0.05, 0.1) is 5.56 Å². The number of alkyl halides is 3. The molecular formula is C13H9BrF3NO. The predicted molar refractivity (Wildman–Crippen MR) is 70.1 cm³/mol. The van der Waals surface area contributed by atoms with E-state index < -0.39 is 11.7 Å². The van der Waals surface area contributed by atoms with Crippen molar-refractivity contribution in [3.05, 3.63) is 52.5 Å². The van der Waals surface area contributed by atoms with Gasteiger partial charge in [0.25, 0.3) is 0 Å². The molecule has 0 fully saturated rings. The van der Waals surface area contributed by atoms with Crippen LogP contribution in [0.1, 0.15) is 5.56 Å². The van der Waals surface area contributed by atoms with Gasteiger partial charge in [-0.05, 0) is 46.3 Å². The number of halogens is 4. The summed E-state index contributed by atoms with van der Waals surface area (Å²) in [6.07, 6.45) is -4.39. The minimum absolute atomic E-state index is 0.108. The van der Waals surface area contributed by atoms with Gasteiger partial charge in [0.15, 0.2) is 0 Å². The highest BCUT2D eigenvalue weighted by Crippen LogP contribution is 2.33. The molecule has 6 heteroatoms. The molecule has 0 saturated heterocycles. The van der Waals surface area contributed by atoms with E-state index >= 15 is 0 Å². The van der Waals surface area contributed by atoms with Crippen LogP contribution in [-0.4, -0.2) is 0 Å². The standard InChI is InChI=1S/C13H9BrF3NO/c14-11-5-4-10(7-12(11)18)19-9-3-1-2-8(6-9)13(15,16)17/h1-7H,18H2. The normalized spacial score (nSPS) is 11.4. The Labute approximate surface area is 116 Å². The van der Waals surface area contributed by atoms with E-state index in [1.807, 2.05) is 0 Å². The third-order valence-corrected chi connectivity index (χ3v) is 3.09. The minimum Gasteiger partial charge on any atom is -0.457 e. The maximum atomic E-state index is 12.5. The Hall–Kier alpha value is -1.69. The van der Waals surface area contributed by atoms with Crippen LogP contribution in [-0.2, 0) is 6.18 Å². The van der Waals surface area contributed by atoms with Gasteiger partial charge >= 0.3 is 6.18 Å². The lowest BCUT2D eigenvalue weighted by molar-refractivity contribution is -0.137. The van der Waals surface area contributed by atoms with Gasteiger partial charge in [-0.3, -0.25) is 0 Å². The molecule has 0 spiro atoms. The molecule has 100 valence electrons. The summed E-state index contributed by atoms with van der Waals surface area (Å²) in [7, 11) is 0. The highest BCUT2D eigenvalue weighted by Gasteiger charge is 2.30. The van der Waals surface area contributed by atoms with Gasteiger partial charge in [0, 0.05) is 16.2 Å².